The van der Waals surface area contributed by atoms with E-state index in [2.05, 4.69) is 5.10 Å². The molecule has 0 aliphatic carbocycles. The third-order valence-corrected chi connectivity index (χ3v) is 2.39. The Hall–Kier alpha value is -1.75. The molecule has 0 aliphatic rings. The van der Waals surface area contributed by atoms with Gasteiger partial charge in [-0.2, -0.15) is 5.10 Å². The molecule has 0 atom stereocenters. The predicted molar refractivity (Wildman–Crippen MR) is 53.9 cm³/mol. The van der Waals surface area contributed by atoms with Gasteiger partial charge in [0.25, 0.3) is 0 Å². The minimum Gasteiger partial charge on any atom is -0.298 e. The summed E-state index contributed by atoms with van der Waals surface area (Å²) in [6.45, 7) is 0. The highest BCUT2D eigenvalue weighted by Gasteiger charge is 2.11. The molecular weight excluding hydrogens is 238 g/mol. The van der Waals surface area contributed by atoms with E-state index in [0.717, 1.165) is 16.8 Å². The summed E-state index contributed by atoms with van der Waals surface area (Å²) in [6.07, 6.45) is 1.78. The van der Waals surface area contributed by atoms with Gasteiger partial charge in [0.05, 0.1) is 17.4 Å². The number of halogens is 3. The fourth-order valence-electron chi connectivity index (χ4n) is 1.22. The molecule has 0 radical (unpaired) electrons. The summed E-state index contributed by atoms with van der Waals surface area (Å²) in [4.78, 5) is 10.5. The highest BCUT2D eigenvalue weighted by Crippen LogP contribution is 2.20. The van der Waals surface area contributed by atoms with Gasteiger partial charge in [0.15, 0.2) is 17.9 Å². The van der Waals surface area contributed by atoms with Crippen LogP contribution in [0.1, 0.15) is 10.4 Å². The number of hydrogen-bond donors (Lipinski definition) is 0. The van der Waals surface area contributed by atoms with Crippen LogP contribution in [-0.2, 0) is 0 Å². The van der Waals surface area contributed by atoms with Crippen molar-refractivity contribution in [2.45, 2.75) is 0 Å². The maximum absolute atomic E-state index is 13.0. The topological polar surface area (TPSA) is 34.9 Å². The molecule has 0 saturated carbocycles. The molecule has 0 spiro atoms. The molecule has 6 heteroatoms. The van der Waals surface area contributed by atoms with E-state index in [1.54, 1.807) is 0 Å². The summed E-state index contributed by atoms with van der Waals surface area (Å²) < 4.78 is 26.8. The van der Waals surface area contributed by atoms with Crippen molar-refractivity contribution in [2.75, 3.05) is 0 Å². The molecule has 2 aromatic rings. The molecule has 0 saturated heterocycles. The van der Waals surface area contributed by atoms with Crippen LogP contribution < -0.4 is 0 Å². The van der Waals surface area contributed by atoms with Gasteiger partial charge in [-0.25, -0.2) is 13.5 Å². The maximum atomic E-state index is 13.0. The fourth-order valence-corrected chi connectivity index (χ4v) is 1.46. The van der Waals surface area contributed by atoms with Gasteiger partial charge < -0.3 is 0 Å². The summed E-state index contributed by atoms with van der Waals surface area (Å²) in [5, 5.41) is 3.85. The highest BCUT2D eigenvalue weighted by molar-refractivity contribution is 6.32. The molecule has 3 nitrogen and oxygen atoms in total. The third-order valence-electron chi connectivity index (χ3n) is 2.01. The number of benzene rings is 1. The van der Waals surface area contributed by atoms with Crippen LogP contribution in [0.15, 0.2) is 24.4 Å². The van der Waals surface area contributed by atoms with E-state index >= 15 is 0 Å². The van der Waals surface area contributed by atoms with E-state index in [1.807, 2.05) is 0 Å². The van der Waals surface area contributed by atoms with Gasteiger partial charge in [-0.3, -0.25) is 4.79 Å². The summed E-state index contributed by atoms with van der Waals surface area (Å²) in [5.41, 5.74) is 0.434. The van der Waals surface area contributed by atoms with Gasteiger partial charge in [0.1, 0.15) is 5.15 Å². The third kappa shape index (κ3) is 1.69. The van der Waals surface area contributed by atoms with Gasteiger partial charge in [-0.1, -0.05) is 11.6 Å². The summed E-state index contributed by atoms with van der Waals surface area (Å²) in [6, 6.07) is 3.22. The number of hydrogen-bond acceptors (Lipinski definition) is 2. The Labute approximate surface area is 94.3 Å². The molecule has 1 aromatic heterocycles. The molecule has 1 aromatic carbocycles. The Balaban J connectivity index is 2.54. The molecule has 0 aliphatic heterocycles. The first-order chi connectivity index (χ1) is 7.63. The first-order valence-electron chi connectivity index (χ1n) is 4.27. The molecule has 0 bridgehead atoms. The Morgan fingerprint density at radius 2 is 2.06 bits per heavy atom. The largest absolute Gasteiger partial charge is 0.298 e. The van der Waals surface area contributed by atoms with Crippen molar-refractivity contribution in [1.82, 2.24) is 9.78 Å². The Kier molecular flexibility index (Phi) is 2.70. The zero-order valence-electron chi connectivity index (χ0n) is 7.82. The van der Waals surface area contributed by atoms with Crippen molar-refractivity contribution in [2.24, 2.45) is 0 Å². The zero-order valence-corrected chi connectivity index (χ0v) is 8.58. The van der Waals surface area contributed by atoms with Crippen molar-refractivity contribution in [3.63, 3.8) is 0 Å². The van der Waals surface area contributed by atoms with E-state index in [0.29, 0.717) is 6.29 Å². The molecule has 0 N–H and O–H groups in total. The van der Waals surface area contributed by atoms with Gasteiger partial charge in [0.2, 0.25) is 0 Å². The molecule has 16 heavy (non-hydrogen) atoms. The minimum atomic E-state index is -1.00. The first kappa shape index (κ1) is 10.8. The quantitative estimate of drug-likeness (QED) is 0.759. The monoisotopic (exact) mass is 242 g/mol. The van der Waals surface area contributed by atoms with E-state index in [9.17, 15) is 13.6 Å². The van der Waals surface area contributed by atoms with Crippen LogP contribution in [-0.4, -0.2) is 16.1 Å². The highest BCUT2D eigenvalue weighted by atomic mass is 35.5. The number of nitrogens with zero attached hydrogens (tertiary/aromatic N) is 2. The molecule has 0 fully saturated rings. The summed E-state index contributed by atoms with van der Waals surface area (Å²) in [5.74, 6) is -1.96. The number of carbonyl (C=O) groups is 1. The van der Waals surface area contributed by atoms with Crippen LogP contribution >= 0.6 is 11.6 Å². The molecule has 0 amide bonds. The molecule has 82 valence electrons. The van der Waals surface area contributed by atoms with Crippen molar-refractivity contribution < 1.29 is 13.6 Å². The number of aromatic nitrogens is 2. The van der Waals surface area contributed by atoms with Crippen LogP contribution in [0.2, 0.25) is 5.15 Å². The van der Waals surface area contributed by atoms with Crippen LogP contribution in [0.4, 0.5) is 8.78 Å². The Bertz CT molecular complexity index is 554. The van der Waals surface area contributed by atoms with Crippen molar-refractivity contribution >= 4 is 17.9 Å². The molecular formula is C10H5ClF2N2O. The van der Waals surface area contributed by atoms with Crippen LogP contribution in [0, 0.1) is 11.6 Å². The lowest BCUT2D eigenvalue weighted by Gasteiger charge is -2.03. The predicted octanol–water partition coefficient (Wildman–Crippen LogP) is 2.62. The van der Waals surface area contributed by atoms with Crippen molar-refractivity contribution in [1.29, 1.82) is 0 Å². The van der Waals surface area contributed by atoms with E-state index in [-0.39, 0.29) is 16.4 Å². The minimum absolute atomic E-state index is 0.0565. The van der Waals surface area contributed by atoms with E-state index in [4.69, 9.17) is 11.6 Å². The van der Waals surface area contributed by atoms with E-state index < -0.39 is 11.6 Å². The second-order valence-corrected chi connectivity index (χ2v) is 3.38. The average Bonchev–Trinajstić information content (AvgIpc) is 2.64. The van der Waals surface area contributed by atoms with Gasteiger partial charge >= 0.3 is 0 Å². The number of rotatable bonds is 2. The molecule has 1 heterocycles. The lowest BCUT2D eigenvalue weighted by atomic mass is 10.3. The van der Waals surface area contributed by atoms with Crippen LogP contribution in [0.5, 0.6) is 0 Å². The zero-order chi connectivity index (χ0) is 11.7. The van der Waals surface area contributed by atoms with Crippen LogP contribution in [0.3, 0.4) is 0 Å². The number of carbonyl (C=O) groups excluding carboxylic acids is 1. The fraction of sp³-hybridized carbons (Fsp3) is 0. The Morgan fingerprint density at radius 1 is 1.31 bits per heavy atom. The summed E-state index contributed by atoms with van der Waals surface area (Å²) >= 11 is 5.80. The number of aldehydes is 1. The van der Waals surface area contributed by atoms with Crippen molar-refractivity contribution in [3.05, 3.63) is 46.7 Å². The second-order valence-electron chi connectivity index (χ2n) is 3.02. The molecule has 2 rings (SSSR count). The van der Waals surface area contributed by atoms with Gasteiger partial charge in [0, 0.05) is 6.07 Å². The van der Waals surface area contributed by atoms with E-state index in [1.165, 1.54) is 12.3 Å². The average molecular weight is 243 g/mol. The maximum Gasteiger partial charge on any atom is 0.160 e. The van der Waals surface area contributed by atoms with Gasteiger partial charge in [-0.05, 0) is 12.1 Å². The standard InChI is InChI=1S/C10H5ClF2N2O/c11-10-6(5-16)4-14-15(10)7-1-2-8(12)9(13)3-7/h1-5H. The normalized spacial score (nSPS) is 10.4. The SMILES string of the molecule is O=Cc1cnn(-c2ccc(F)c(F)c2)c1Cl. The lowest BCUT2D eigenvalue weighted by molar-refractivity contribution is 0.112. The Morgan fingerprint density at radius 3 is 2.62 bits per heavy atom. The second kappa shape index (κ2) is 4.02. The van der Waals surface area contributed by atoms with Crippen molar-refractivity contribution in [3.8, 4) is 5.69 Å². The lowest BCUT2D eigenvalue weighted by Crippen LogP contribution is -1.98. The van der Waals surface area contributed by atoms with Gasteiger partial charge in [-0.15, -0.1) is 0 Å². The molecule has 0 unspecified atom stereocenters. The summed E-state index contributed by atoms with van der Waals surface area (Å²) in [7, 11) is 0. The first-order valence-corrected chi connectivity index (χ1v) is 4.65. The smallest absolute Gasteiger partial charge is 0.160 e. The van der Waals surface area contributed by atoms with Crippen LogP contribution in [0.25, 0.3) is 5.69 Å².